The monoisotopic (exact) mass is 271 g/mol. The van der Waals surface area contributed by atoms with Crippen LogP contribution in [-0.2, 0) is 9.53 Å². The second-order valence-corrected chi connectivity index (χ2v) is 4.84. The first-order chi connectivity index (χ1) is 9.83. The van der Waals surface area contributed by atoms with Crippen molar-refractivity contribution in [3.05, 3.63) is 42.5 Å². The van der Waals surface area contributed by atoms with Crippen molar-refractivity contribution in [2.24, 2.45) is 0 Å². The van der Waals surface area contributed by atoms with Gasteiger partial charge in [0.15, 0.2) is 0 Å². The Kier molecular flexibility index (Phi) is 3.95. The fraction of sp³-hybridized carbons (Fsp3) is 0.312. The van der Waals surface area contributed by atoms with Crippen LogP contribution in [0.2, 0.25) is 0 Å². The molecule has 2 aromatic rings. The average Bonchev–Trinajstić information content (AvgIpc) is 2.48. The van der Waals surface area contributed by atoms with E-state index in [0.29, 0.717) is 25.5 Å². The summed E-state index contributed by atoms with van der Waals surface area (Å²) in [6, 6.07) is 13.6. The lowest BCUT2D eigenvalue weighted by Crippen LogP contribution is -2.40. The minimum atomic E-state index is -0.219. The maximum absolute atomic E-state index is 12.0. The smallest absolute Gasteiger partial charge is 0.325 e. The fourth-order valence-corrected chi connectivity index (χ4v) is 2.38. The Labute approximate surface area is 117 Å². The van der Waals surface area contributed by atoms with Gasteiger partial charge in [-0.15, -0.1) is 0 Å². The number of nitrogens with zero attached hydrogens (tertiary/aromatic N) is 1. The SMILES string of the molecule is O=C(CN1CCOCC1)Oc1cccc2ccccc12. The van der Waals surface area contributed by atoms with Crippen molar-refractivity contribution in [3.8, 4) is 5.75 Å². The number of rotatable bonds is 3. The Morgan fingerprint density at radius 2 is 1.85 bits per heavy atom. The second kappa shape index (κ2) is 6.03. The van der Waals surface area contributed by atoms with E-state index in [1.165, 1.54) is 0 Å². The molecular formula is C16H17NO3. The number of morpholine rings is 1. The molecule has 0 spiro atoms. The molecule has 0 atom stereocenters. The molecule has 1 aliphatic rings. The number of ether oxygens (including phenoxy) is 2. The maximum Gasteiger partial charge on any atom is 0.325 e. The normalized spacial score (nSPS) is 16.2. The highest BCUT2D eigenvalue weighted by Crippen LogP contribution is 2.25. The summed E-state index contributed by atoms with van der Waals surface area (Å²) in [4.78, 5) is 14.1. The Bertz CT molecular complexity index is 600. The zero-order valence-electron chi connectivity index (χ0n) is 11.2. The molecule has 0 bridgehead atoms. The Morgan fingerprint density at radius 3 is 2.70 bits per heavy atom. The number of hydrogen-bond acceptors (Lipinski definition) is 4. The van der Waals surface area contributed by atoms with Gasteiger partial charge in [0, 0.05) is 18.5 Å². The molecule has 1 fully saturated rings. The molecule has 4 nitrogen and oxygen atoms in total. The van der Waals surface area contributed by atoms with E-state index in [0.717, 1.165) is 23.9 Å². The summed E-state index contributed by atoms with van der Waals surface area (Å²) in [5, 5.41) is 2.04. The largest absolute Gasteiger partial charge is 0.425 e. The van der Waals surface area contributed by atoms with Crippen LogP contribution >= 0.6 is 0 Å². The van der Waals surface area contributed by atoms with Gasteiger partial charge < -0.3 is 9.47 Å². The summed E-state index contributed by atoms with van der Waals surface area (Å²) in [5.74, 6) is 0.407. The van der Waals surface area contributed by atoms with Crippen LogP contribution in [0.3, 0.4) is 0 Å². The van der Waals surface area contributed by atoms with Gasteiger partial charge in [-0.25, -0.2) is 0 Å². The molecular weight excluding hydrogens is 254 g/mol. The molecule has 104 valence electrons. The molecule has 1 saturated heterocycles. The highest BCUT2D eigenvalue weighted by molar-refractivity contribution is 5.90. The third-order valence-electron chi connectivity index (χ3n) is 3.43. The molecule has 0 N–H and O–H groups in total. The van der Waals surface area contributed by atoms with Crippen molar-refractivity contribution in [2.45, 2.75) is 0 Å². The summed E-state index contributed by atoms with van der Waals surface area (Å²) >= 11 is 0. The molecule has 4 heteroatoms. The first-order valence-corrected chi connectivity index (χ1v) is 6.81. The first kappa shape index (κ1) is 13.1. The Balaban J connectivity index is 1.71. The lowest BCUT2D eigenvalue weighted by molar-refractivity contribution is -0.136. The molecule has 0 aromatic heterocycles. The van der Waals surface area contributed by atoms with Crippen molar-refractivity contribution in [3.63, 3.8) is 0 Å². The fourth-order valence-electron chi connectivity index (χ4n) is 2.38. The summed E-state index contributed by atoms with van der Waals surface area (Å²) < 4.78 is 10.8. The zero-order chi connectivity index (χ0) is 13.8. The van der Waals surface area contributed by atoms with E-state index in [4.69, 9.17) is 9.47 Å². The van der Waals surface area contributed by atoms with E-state index < -0.39 is 0 Å². The van der Waals surface area contributed by atoms with Gasteiger partial charge in [-0.2, -0.15) is 0 Å². The van der Waals surface area contributed by atoms with Crippen molar-refractivity contribution in [1.82, 2.24) is 4.90 Å². The highest BCUT2D eigenvalue weighted by Gasteiger charge is 2.16. The molecule has 2 aromatic carbocycles. The minimum absolute atomic E-state index is 0.219. The third kappa shape index (κ3) is 2.98. The number of fused-ring (bicyclic) bond motifs is 1. The molecule has 1 aliphatic heterocycles. The van der Waals surface area contributed by atoms with Gasteiger partial charge in [0.25, 0.3) is 0 Å². The Morgan fingerprint density at radius 1 is 1.10 bits per heavy atom. The van der Waals surface area contributed by atoms with E-state index in [-0.39, 0.29) is 5.97 Å². The number of carbonyl (C=O) groups is 1. The van der Waals surface area contributed by atoms with Crippen LogP contribution in [0, 0.1) is 0 Å². The van der Waals surface area contributed by atoms with Crippen LogP contribution in [0.15, 0.2) is 42.5 Å². The van der Waals surface area contributed by atoms with Crippen LogP contribution in [0.25, 0.3) is 10.8 Å². The summed E-state index contributed by atoms with van der Waals surface area (Å²) in [5.41, 5.74) is 0. The standard InChI is InChI=1S/C16H17NO3/c18-16(12-17-8-10-19-11-9-17)20-15-7-3-5-13-4-1-2-6-14(13)15/h1-7H,8-12H2. The molecule has 1 heterocycles. The van der Waals surface area contributed by atoms with Crippen molar-refractivity contribution >= 4 is 16.7 Å². The second-order valence-electron chi connectivity index (χ2n) is 4.84. The van der Waals surface area contributed by atoms with Crippen LogP contribution < -0.4 is 4.74 Å². The lowest BCUT2D eigenvalue weighted by atomic mass is 10.1. The quantitative estimate of drug-likeness (QED) is 0.633. The third-order valence-corrected chi connectivity index (χ3v) is 3.43. The number of benzene rings is 2. The van der Waals surface area contributed by atoms with Gasteiger partial charge in [-0.05, 0) is 11.5 Å². The lowest BCUT2D eigenvalue weighted by Gasteiger charge is -2.25. The van der Waals surface area contributed by atoms with Crippen molar-refractivity contribution in [1.29, 1.82) is 0 Å². The van der Waals surface area contributed by atoms with Crippen LogP contribution in [0.1, 0.15) is 0 Å². The molecule has 20 heavy (non-hydrogen) atoms. The number of hydrogen-bond donors (Lipinski definition) is 0. The summed E-state index contributed by atoms with van der Waals surface area (Å²) in [7, 11) is 0. The molecule has 0 unspecified atom stereocenters. The zero-order valence-corrected chi connectivity index (χ0v) is 11.2. The first-order valence-electron chi connectivity index (χ1n) is 6.81. The maximum atomic E-state index is 12.0. The van der Waals surface area contributed by atoms with Crippen LogP contribution in [0.5, 0.6) is 5.75 Å². The van der Waals surface area contributed by atoms with Crippen molar-refractivity contribution in [2.75, 3.05) is 32.8 Å². The number of esters is 1. The predicted octanol–water partition coefficient (Wildman–Crippen LogP) is 2.08. The van der Waals surface area contributed by atoms with E-state index in [9.17, 15) is 4.79 Å². The van der Waals surface area contributed by atoms with Gasteiger partial charge >= 0.3 is 5.97 Å². The highest BCUT2D eigenvalue weighted by atomic mass is 16.5. The van der Waals surface area contributed by atoms with Gasteiger partial charge in [-0.3, -0.25) is 9.69 Å². The van der Waals surface area contributed by atoms with E-state index in [1.54, 1.807) is 0 Å². The molecule has 0 radical (unpaired) electrons. The summed E-state index contributed by atoms with van der Waals surface area (Å²) in [6.45, 7) is 3.24. The van der Waals surface area contributed by atoms with E-state index in [1.807, 2.05) is 42.5 Å². The number of carbonyl (C=O) groups excluding carboxylic acids is 1. The predicted molar refractivity (Wildman–Crippen MR) is 76.8 cm³/mol. The minimum Gasteiger partial charge on any atom is -0.425 e. The van der Waals surface area contributed by atoms with Gasteiger partial charge in [0.05, 0.1) is 19.8 Å². The molecule has 0 amide bonds. The molecule has 3 rings (SSSR count). The summed E-state index contributed by atoms with van der Waals surface area (Å²) in [6.07, 6.45) is 0. The van der Waals surface area contributed by atoms with Gasteiger partial charge in [0.2, 0.25) is 0 Å². The molecule has 0 saturated carbocycles. The van der Waals surface area contributed by atoms with Gasteiger partial charge in [-0.1, -0.05) is 36.4 Å². The van der Waals surface area contributed by atoms with E-state index >= 15 is 0 Å². The van der Waals surface area contributed by atoms with Crippen LogP contribution in [-0.4, -0.2) is 43.7 Å². The average molecular weight is 271 g/mol. The van der Waals surface area contributed by atoms with E-state index in [2.05, 4.69) is 4.90 Å². The van der Waals surface area contributed by atoms with Gasteiger partial charge in [0.1, 0.15) is 5.75 Å². The van der Waals surface area contributed by atoms with Crippen molar-refractivity contribution < 1.29 is 14.3 Å². The molecule has 0 aliphatic carbocycles. The topological polar surface area (TPSA) is 38.8 Å². The van der Waals surface area contributed by atoms with Crippen LogP contribution in [0.4, 0.5) is 0 Å². The Hall–Kier alpha value is -1.91.